The maximum Gasteiger partial charge on any atom is 0.273 e. The molecule has 0 N–H and O–H groups in total. The molecule has 0 fully saturated rings. The molecule has 0 unspecified atom stereocenters. The van der Waals surface area contributed by atoms with E-state index in [-0.39, 0.29) is 23.8 Å². The molecule has 0 amide bonds. The third-order valence-corrected chi connectivity index (χ3v) is 3.45. The molecule has 2 aromatic rings. The van der Waals surface area contributed by atoms with E-state index in [1.807, 2.05) is 31.2 Å². The minimum Gasteiger partial charge on any atom is -0.494 e. The van der Waals surface area contributed by atoms with Crippen molar-refractivity contribution in [2.24, 2.45) is 10.2 Å². The monoisotopic (exact) mass is 327 g/mol. The normalized spacial score (nSPS) is 10.8. The third kappa shape index (κ3) is 4.45. The van der Waals surface area contributed by atoms with Gasteiger partial charge in [-0.25, -0.2) is 0 Å². The summed E-state index contributed by atoms with van der Waals surface area (Å²) in [7, 11) is 1.39. The van der Waals surface area contributed by atoms with Gasteiger partial charge in [-0.05, 0) is 24.1 Å². The number of nitrogens with zero attached hydrogens (tertiary/aromatic N) is 3. The highest BCUT2D eigenvalue weighted by Gasteiger charge is 2.11. The number of azo groups is 1. The van der Waals surface area contributed by atoms with Gasteiger partial charge in [-0.3, -0.25) is 14.9 Å². The summed E-state index contributed by atoms with van der Waals surface area (Å²) in [4.78, 5) is 22.2. The number of benzene rings is 2. The molecule has 0 saturated heterocycles. The van der Waals surface area contributed by atoms with Crippen LogP contribution < -0.4 is 4.74 Å². The number of rotatable bonds is 7. The molecular weight excluding hydrogens is 310 g/mol. The van der Waals surface area contributed by atoms with Crippen molar-refractivity contribution >= 4 is 17.2 Å². The molecule has 7 heteroatoms. The first-order chi connectivity index (χ1) is 11.5. The second kappa shape index (κ2) is 7.96. The van der Waals surface area contributed by atoms with E-state index in [4.69, 9.17) is 4.74 Å². The lowest BCUT2D eigenvalue weighted by Gasteiger charge is -2.04. The zero-order valence-electron chi connectivity index (χ0n) is 13.4. The number of aryl methyl sites for hydroxylation is 1. The van der Waals surface area contributed by atoms with E-state index in [1.54, 1.807) is 0 Å². The van der Waals surface area contributed by atoms with E-state index in [9.17, 15) is 14.9 Å². The van der Waals surface area contributed by atoms with Crippen LogP contribution in [0.1, 0.15) is 11.1 Å². The molecule has 0 bridgehead atoms. The lowest BCUT2D eigenvalue weighted by atomic mass is 10.0. The number of nitro groups is 1. The molecule has 124 valence electrons. The number of Topliss-reactive ketones (excluding diaryl/α,β-unsaturated/α-hetero) is 1. The molecule has 0 aromatic heterocycles. The summed E-state index contributed by atoms with van der Waals surface area (Å²) in [5, 5.41) is 18.6. The summed E-state index contributed by atoms with van der Waals surface area (Å²) in [5.74, 6) is 0.174. The number of hydrogen-bond donors (Lipinski definition) is 0. The quantitative estimate of drug-likeness (QED) is 0.439. The smallest absolute Gasteiger partial charge is 0.273 e. The summed E-state index contributed by atoms with van der Waals surface area (Å²) < 4.78 is 5.06. The average molecular weight is 327 g/mol. The van der Waals surface area contributed by atoms with Crippen LogP contribution in [0.25, 0.3) is 0 Å². The summed E-state index contributed by atoms with van der Waals surface area (Å²) in [6, 6.07) is 11.7. The third-order valence-electron chi connectivity index (χ3n) is 3.45. The molecule has 0 spiro atoms. The number of ketones is 1. The van der Waals surface area contributed by atoms with Crippen molar-refractivity contribution in [3.8, 4) is 5.75 Å². The molecule has 0 saturated carbocycles. The molecule has 24 heavy (non-hydrogen) atoms. The zero-order valence-corrected chi connectivity index (χ0v) is 13.4. The van der Waals surface area contributed by atoms with Crippen molar-refractivity contribution in [1.29, 1.82) is 0 Å². The van der Waals surface area contributed by atoms with Gasteiger partial charge in [0.1, 0.15) is 12.2 Å². The van der Waals surface area contributed by atoms with Crippen LogP contribution in [-0.2, 0) is 11.2 Å². The largest absolute Gasteiger partial charge is 0.494 e. The van der Waals surface area contributed by atoms with Crippen molar-refractivity contribution in [1.82, 2.24) is 0 Å². The minimum atomic E-state index is -0.519. The number of carbonyl (C=O) groups excluding carboxylic acids is 1. The van der Waals surface area contributed by atoms with Crippen molar-refractivity contribution < 1.29 is 14.5 Å². The summed E-state index contributed by atoms with van der Waals surface area (Å²) in [6.45, 7) is 1.89. The fourth-order valence-electron chi connectivity index (χ4n) is 2.13. The van der Waals surface area contributed by atoms with Gasteiger partial charge in [0, 0.05) is 12.5 Å². The molecule has 2 rings (SSSR count). The molecule has 0 heterocycles. The van der Waals surface area contributed by atoms with Crippen LogP contribution in [0.5, 0.6) is 5.75 Å². The van der Waals surface area contributed by atoms with Crippen molar-refractivity contribution in [2.45, 2.75) is 13.3 Å². The highest BCUT2D eigenvalue weighted by atomic mass is 16.6. The highest BCUT2D eigenvalue weighted by Crippen LogP contribution is 2.31. The fourth-order valence-corrected chi connectivity index (χ4v) is 2.13. The maximum absolute atomic E-state index is 12.0. The molecule has 0 aliphatic heterocycles. The van der Waals surface area contributed by atoms with E-state index in [2.05, 4.69) is 10.2 Å². The van der Waals surface area contributed by atoms with E-state index in [0.29, 0.717) is 12.1 Å². The Morgan fingerprint density at radius 2 is 2.00 bits per heavy atom. The second-order valence-corrected chi connectivity index (χ2v) is 5.15. The molecule has 0 aliphatic carbocycles. The average Bonchev–Trinajstić information content (AvgIpc) is 2.57. The number of ether oxygens (including phenoxy) is 1. The van der Waals surface area contributed by atoms with Gasteiger partial charge in [0.15, 0.2) is 11.5 Å². The first kappa shape index (κ1) is 17.3. The maximum atomic E-state index is 12.0. The minimum absolute atomic E-state index is 0.0610. The number of carbonyl (C=O) groups is 1. The Hall–Kier alpha value is -3.09. The molecule has 0 atom stereocenters. The Kier molecular flexibility index (Phi) is 5.73. The number of nitro benzene ring substituents is 1. The Morgan fingerprint density at radius 1 is 1.25 bits per heavy atom. The van der Waals surface area contributed by atoms with Crippen LogP contribution in [0.15, 0.2) is 52.7 Å². The van der Waals surface area contributed by atoms with Crippen LogP contribution in [-0.4, -0.2) is 24.4 Å². The lowest BCUT2D eigenvalue weighted by Crippen LogP contribution is -2.07. The number of hydrogen-bond acceptors (Lipinski definition) is 6. The van der Waals surface area contributed by atoms with Gasteiger partial charge in [0.05, 0.1) is 18.1 Å². The van der Waals surface area contributed by atoms with Gasteiger partial charge in [0.2, 0.25) is 0 Å². The predicted octanol–water partition coefficient (Wildman–Crippen LogP) is 3.81. The van der Waals surface area contributed by atoms with Crippen LogP contribution >= 0.6 is 0 Å². The first-order valence-electron chi connectivity index (χ1n) is 7.27. The fraction of sp³-hybridized carbons (Fsp3) is 0.235. The van der Waals surface area contributed by atoms with Crippen LogP contribution in [0.4, 0.5) is 11.4 Å². The lowest BCUT2D eigenvalue weighted by molar-refractivity contribution is -0.384. The number of methoxy groups -OCH3 is 1. The summed E-state index contributed by atoms with van der Waals surface area (Å²) in [6.07, 6.45) is 0.295. The van der Waals surface area contributed by atoms with Crippen LogP contribution in [0, 0.1) is 17.0 Å². The van der Waals surface area contributed by atoms with Crippen molar-refractivity contribution in [2.75, 3.05) is 13.7 Å². The highest BCUT2D eigenvalue weighted by molar-refractivity contribution is 5.83. The van der Waals surface area contributed by atoms with Gasteiger partial charge >= 0.3 is 0 Å². The molecule has 2 aromatic carbocycles. The van der Waals surface area contributed by atoms with Crippen LogP contribution in [0.3, 0.4) is 0 Å². The van der Waals surface area contributed by atoms with E-state index in [0.717, 1.165) is 11.1 Å². The Bertz CT molecular complexity index is 787. The van der Waals surface area contributed by atoms with E-state index >= 15 is 0 Å². The number of non-ortho nitro benzene ring substituents is 1. The molecular formula is C17H17N3O4. The van der Waals surface area contributed by atoms with Gasteiger partial charge in [-0.2, -0.15) is 10.2 Å². The standard InChI is InChI=1S/C17H17N3O4/c1-12-5-3-4-6-13(12)9-15(21)11-18-19-16-8-7-14(20(22)23)10-17(16)24-2/h3-8,10H,9,11H2,1-2H3. The van der Waals surface area contributed by atoms with Crippen molar-refractivity contribution in [3.63, 3.8) is 0 Å². The van der Waals surface area contributed by atoms with E-state index < -0.39 is 4.92 Å². The Balaban J connectivity index is 2.02. The van der Waals surface area contributed by atoms with Gasteiger partial charge in [-0.15, -0.1) is 0 Å². The SMILES string of the molecule is COc1cc([N+](=O)[O-])ccc1N=NCC(=O)Cc1ccccc1C. The van der Waals surface area contributed by atoms with Gasteiger partial charge < -0.3 is 4.74 Å². The molecule has 0 aliphatic rings. The Morgan fingerprint density at radius 3 is 2.67 bits per heavy atom. The summed E-state index contributed by atoms with van der Waals surface area (Å²) in [5.41, 5.74) is 2.26. The summed E-state index contributed by atoms with van der Waals surface area (Å²) >= 11 is 0. The van der Waals surface area contributed by atoms with Crippen LogP contribution in [0.2, 0.25) is 0 Å². The molecule has 7 nitrogen and oxygen atoms in total. The Labute approximate surface area is 139 Å². The second-order valence-electron chi connectivity index (χ2n) is 5.15. The van der Waals surface area contributed by atoms with Crippen molar-refractivity contribution in [3.05, 3.63) is 63.7 Å². The van der Waals surface area contributed by atoms with E-state index in [1.165, 1.54) is 25.3 Å². The van der Waals surface area contributed by atoms with Gasteiger partial charge in [0.25, 0.3) is 5.69 Å². The van der Waals surface area contributed by atoms with Gasteiger partial charge in [-0.1, -0.05) is 24.3 Å². The first-order valence-corrected chi connectivity index (χ1v) is 7.27. The zero-order chi connectivity index (χ0) is 17.5. The topological polar surface area (TPSA) is 94.2 Å². The molecule has 0 radical (unpaired) electrons. The predicted molar refractivity (Wildman–Crippen MR) is 88.9 cm³/mol.